The van der Waals surface area contributed by atoms with Gasteiger partial charge in [0.15, 0.2) is 11.5 Å². The van der Waals surface area contributed by atoms with Crippen LogP contribution < -0.4 is 10.1 Å². The molecule has 0 aliphatic rings. The van der Waals surface area contributed by atoms with Crippen molar-refractivity contribution in [2.24, 2.45) is 0 Å². The standard InChI is InChI=1S/C23H20BrFN4O3/c1-14-3-5-16(6-4-14)11-29-12-20(24)22(27-29)26-23(30)21-19(15(2)32-28-21)13-31-18-9-7-17(25)8-10-18/h3-10,12H,11,13H2,1-2H3,(H,26,27,30). The normalized spacial score (nSPS) is 10.9. The number of nitrogens with one attached hydrogen (secondary N) is 1. The van der Waals surface area contributed by atoms with Crippen molar-refractivity contribution in [1.82, 2.24) is 14.9 Å². The van der Waals surface area contributed by atoms with Crippen LogP contribution in [0.25, 0.3) is 0 Å². The van der Waals surface area contributed by atoms with Crippen LogP contribution in [0.5, 0.6) is 5.75 Å². The summed E-state index contributed by atoms with van der Waals surface area (Å²) < 4.78 is 26.3. The van der Waals surface area contributed by atoms with Crippen LogP contribution >= 0.6 is 15.9 Å². The van der Waals surface area contributed by atoms with E-state index in [-0.39, 0.29) is 18.1 Å². The molecule has 7 nitrogen and oxygen atoms in total. The van der Waals surface area contributed by atoms with Gasteiger partial charge in [-0.1, -0.05) is 35.0 Å². The van der Waals surface area contributed by atoms with Gasteiger partial charge in [-0.3, -0.25) is 9.48 Å². The van der Waals surface area contributed by atoms with Crippen molar-refractivity contribution >= 4 is 27.7 Å². The lowest BCUT2D eigenvalue weighted by atomic mass is 10.1. The van der Waals surface area contributed by atoms with E-state index in [1.807, 2.05) is 31.2 Å². The average Bonchev–Trinajstić information content (AvgIpc) is 3.31. The number of anilines is 1. The molecule has 2 aromatic carbocycles. The van der Waals surface area contributed by atoms with Gasteiger partial charge in [-0.2, -0.15) is 5.10 Å². The SMILES string of the molecule is Cc1ccc(Cn2cc(Br)c(NC(=O)c3noc(C)c3COc3ccc(F)cc3)n2)cc1. The molecule has 164 valence electrons. The van der Waals surface area contributed by atoms with Crippen LogP contribution in [0.3, 0.4) is 0 Å². The molecule has 0 spiro atoms. The van der Waals surface area contributed by atoms with Gasteiger partial charge in [-0.05, 0) is 59.6 Å². The largest absolute Gasteiger partial charge is 0.489 e. The molecule has 0 saturated heterocycles. The zero-order valence-electron chi connectivity index (χ0n) is 17.4. The van der Waals surface area contributed by atoms with Gasteiger partial charge in [-0.15, -0.1) is 0 Å². The molecule has 32 heavy (non-hydrogen) atoms. The summed E-state index contributed by atoms with van der Waals surface area (Å²) in [6.07, 6.45) is 1.79. The van der Waals surface area contributed by atoms with Crippen molar-refractivity contribution in [3.63, 3.8) is 0 Å². The van der Waals surface area contributed by atoms with Crippen molar-refractivity contribution in [1.29, 1.82) is 0 Å². The van der Waals surface area contributed by atoms with Gasteiger partial charge in [-0.25, -0.2) is 4.39 Å². The first-order valence-electron chi connectivity index (χ1n) is 9.82. The van der Waals surface area contributed by atoms with Crippen LogP contribution in [-0.2, 0) is 13.2 Å². The molecule has 0 unspecified atom stereocenters. The van der Waals surface area contributed by atoms with Crippen LogP contribution in [0.1, 0.15) is 32.9 Å². The summed E-state index contributed by atoms with van der Waals surface area (Å²) in [4.78, 5) is 12.9. The average molecular weight is 499 g/mol. The van der Waals surface area contributed by atoms with Gasteiger partial charge in [0.05, 0.1) is 16.6 Å². The maximum absolute atomic E-state index is 13.1. The monoisotopic (exact) mass is 498 g/mol. The number of nitrogens with zero attached hydrogens (tertiary/aromatic N) is 3. The summed E-state index contributed by atoms with van der Waals surface area (Å²) in [6.45, 7) is 4.34. The van der Waals surface area contributed by atoms with Gasteiger partial charge >= 0.3 is 0 Å². The second-order valence-corrected chi connectivity index (χ2v) is 8.13. The maximum atomic E-state index is 13.1. The lowest BCUT2D eigenvalue weighted by molar-refractivity contribution is 0.101. The second kappa shape index (κ2) is 9.35. The Bertz CT molecular complexity index is 1230. The Balaban J connectivity index is 1.45. The number of hydrogen-bond donors (Lipinski definition) is 1. The molecular weight excluding hydrogens is 479 g/mol. The molecule has 2 aromatic heterocycles. The molecule has 4 rings (SSSR count). The number of carbonyl (C=O) groups is 1. The minimum absolute atomic E-state index is 0.0484. The topological polar surface area (TPSA) is 82.2 Å². The molecule has 9 heteroatoms. The lowest BCUT2D eigenvalue weighted by Crippen LogP contribution is -2.16. The highest BCUT2D eigenvalue weighted by molar-refractivity contribution is 9.10. The maximum Gasteiger partial charge on any atom is 0.279 e. The summed E-state index contributed by atoms with van der Waals surface area (Å²) in [5, 5.41) is 11.1. The number of amides is 1. The molecule has 0 bridgehead atoms. The predicted molar refractivity (Wildman–Crippen MR) is 120 cm³/mol. The summed E-state index contributed by atoms with van der Waals surface area (Å²) in [7, 11) is 0. The van der Waals surface area contributed by atoms with Crippen molar-refractivity contribution in [3.05, 3.63) is 93.2 Å². The Morgan fingerprint density at radius 3 is 2.59 bits per heavy atom. The van der Waals surface area contributed by atoms with Crippen LogP contribution in [0.4, 0.5) is 10.2 Å². The zero-order chi connectivity index (χ0) is 22.7. The highest BCUT2D eigenvalue weighted by atomic mass is 79.9. The summed E-state index contributed by atoms with van der Waals surface area (Å²) >= 11 is 3.44. The minimum Gasteiger partial charge on any atom is -0.489 e. The number of halogens is 2. The Labute approximate surface area is 192 Å². The van der Waals surface area contributed by atoms with E-state index in [1.165, 1.54) is 29.8 Å². The molecule has 0 atom stereocenters. The van der Waals surface area contributed by atoms with E-state index in [0.29, 0.717) is 33.9 Å². The third-order valence-electron chi connectivity index (χ3n) is 4.81. The third-order valence-corrected chi connectivity index (χ3v) is 5.39. The molecule has 0 aliphatic carbocycles. The van der Waals surface area contributed by atoms with Crippen LogP contribution in [-0.4, -0.2) is 20.8 Å². The fourth-order valence-corrected chi connectivity index (χ4v) is 3.45. The number of aromatic nitrogens is 3. The number of benzene rings is 2. The van der Waals surface area contributed by atoms with Crippen molar-refractivity contribution < 1.29 is 18.4 Å². The van der Waals surface area contributed by atoms with Gasteiger partial charge in [0.2, 0.25) is 0 Å². The molecule has 4 aromatic rings. The number of carbonyl (C=O) groups excluding carboxylic acids is 1. The quantitative estimate of drug-likeness (QED) is 0.375. The number of aryl methyl sites for hydroxylation is 2. The first-order valence-corrected chi connectivity index (χ1v) is 10.6. The second-order valence-electron chi connectivity index (χ2n) is 7.27. The van der Waals surface area contributed by atoms with E-state index in [4.69, 9.17) is 9.26 Å². The highest BCUT2D eigenvalue weighted by Gasteiger charge is 2.22. The van der Waals surface area contributed by atoms with Gasteiger partial charge < -0.3 is 14.6 Å². The van der Waals surface area contributed by atoms with E-state index in [9.17, 15) is 9.18 Å². The summed E-state index contributed by atoms with van der Waals surface area (Å²) in [6, 6.07) is 13.8. The molecule has 1 N–H and O–H groups in total. The minimum atomic E-state index is -0.471. The Hall–Kier alpha value is -3.46. The van der Waals surface area contributed by atoms with Crippen molar-refractivity contribution in [2.75, 3.05) is 5.32 Å². The molecular formula is C23H20BrFN4O3. The molecule has 0 fully saturated rings. The van der Waals surface area contributed by atoms with E-state index in [2.05, 4.69) is 31.5 Å². The van der Waals surface area contributed by atoms with Crippen molar-refractivity contribution in [3.8, 4) is 5.75 Å². The number of hydrogen-bond acceptors (Lipinski definition) is 5. The Morgan fingerprint density at radius 1 is 1.16 bits per heavy atom. The van der Waals surface area contributed by atoms with Crippen LogP contribution in [0.15, 0.2) is 63.7 Å². The molecule has 0 radical (unpaired) electrons. The van der Waals surface area contributed by atoms with E-state index in [1.54, 1.807) is 17.8 Å². The van der Waals surface area contributed by atoms with Crippen LogP contribution in [0, 0.1) is 19.7 Å². The molecule has 1 amide bonds. The van der Waals surface area contributed by atoms with E-state index in [0.717, 1.165) is 5.56 Å². The zero-order valence-corrected chi connectivity index (χ0v) is 19.0. The third kappa shape index (κ3) is 5.05. The first kappa shape index (κ1) is 21.8. The Morgan fingerprint density at radius 2 is 1.88 bits per heavy atom. The fourth-order valence-electron chi connectivity index (χ4n) is 3.04. The highest BCUT2D eigenvalue weighted by Crippen LogP contribution is 2.23. The predicted octanol–water partition coefficient (Wildman–Crippen LogP) is 5.27. The van der Waals surface area contributed by atoms with Crippen molar-refractivity contribution in [2.45, 2.75) is 27.0 Å². The molecule has 0 saturated carbocycles. The first-order chi connectivity index (χ1) is 15.4. The number of ether oxygens (including phenoxy) is 1. The van der Waals surface area contributed by atoms with Gasteiger partial charge in [0.25, 0.3) is 5.91 Å². The van der Waals surface area contributed by atoms with Gasteiger partial charge in [0, 0.05) is 6.20 Å². The lowest BCUT2D eigenvalue weighted by Gasteiger charge is -2.07. The van der Waals surface area contributed by atoms with E-state index < -0.39 is 5.91 Å². The number of rotatable bonds is 7. The van der Waals surface area contributed by atoms with Crippen LogP contribution in [0.2, 0.25) is 0 Å². The van der Waals surface area contributed by atoms with E-state index >= 15 is 0 Å². The smallest absolute Gasteiger partial charge is 0.279 e. The summed E-state index contributed by atoms with van der Waals surface area (Å²) in [5.41, 5.74) is 2.88. The molecule has 2 heterocycles. The fraction of sp³-hybridized carbons (Fsp3) is 0.174. The summed E-state index contributed by atoms with van der Waals surface area (Å²) in [5.74, 6) is 0.470. The molecule has 0 aliphatic heterocycles. The Kier molecular flexibility index (Phi) is 6.36. The van der Waals surface area contributed by atoms with Gasteiger partial charge in [0.1, 0.15) is 23.9 Å².